The predicted molar refractivity (Wildman–Crippen MR) is 67.4 cm³/mol. The number of furan rings is 1. The van der Waals surface area contributed by atoms with Crippen molar-refractivity contribution in [2.24, 2.45) is 5.10 Å². The first-order chi connectivity index (χ1) is 9.72. The summed E-state index contributed by atoms with van der Waals surface area (Å²) in [4.78, 5) is 9.82. The van der Waals surface area contributed by atoms with Crippen molar-refractivity contribution in [3.8, 4) is 0 Å². The summed E-state index contributed by atoms with van der Waals surface area (Å²) in [5, 5.41) is 25.9. The van der Waals surface area contributed by atoms with Crippen LogP contribution in [-0.2, 0) is 0 Å². The fraction of sp³-hybridized carbons (Fsp3) is 0. The maximum atomic E-state index is 10.4. The van der Waals surface area contributed by atoms with Gasteiger partial charge in [-0.15, -0.1) is 15.3 Å². The van der Waals surface area contributed by atoms with E-state index in [1.54, 1.807) is 12.1 Å². The van der Waals surface area contributed by atoms with Gasteiger partial charge in [0.05, 0.1) is 12.3 Å². The average molecular weight is 273 g/mol. The van der Waals surface area contributed by atoms with Crippen LogP contribution < -0.4 is 5.43 Å². The highest BCUT2D eigenvalue weighted by molar-refractivity contribution is 5.76. The van der Waals surface area contributed by atoms with Crippen LogP contribution in [0.2, 0.25) is 0 Å². The Morgan fingerprint density at radius 2 is 2.30 bits per heavy atom. The fourth-order valence-corrected chi connectivity index (χ4v) is 1.46. The largest absolute Gasteiger partial charge is 0.433 e. The molecule has 3 rings (SSSR count). The molecule has 10 nitrogen and oxygen atoms in total. The Kier molecular flexibility index (Phi) is 2.80. The van der Waals surface area contributed by atoms with Gasteiger partial charge in [-0.25, -0.2) is 0 Å². The molecule has 0 aliphatic rings. The van der Waals surface area contributed by atoms with Gasteiger partial charge in [-0.3, -0.25) is 15.5 Å². The molecule has 3 aromatic rings. The molecule has 0 fully saturated rings. The summed E-state index contributed by atoms with van der Waals surface area (Å²) in [7, 11) is 0. The van der Waals surface area contributed by atoms with E-state index in [0.29, 0.717) is 11.5 Å². The molecule has 0 saturated carbocycles. The second kappa shape index (κ2) is 4.76. The smallest absolute Gasteiger partial charge is 0.400 e. The molecule has 0 aliphatic heterocycles. The molecule has 100 valence electrons. The van der Waals surface area contributed by atoms with Crippen LogP contribution in [-0.4, -0.2) is 30.9 Å². The normalized spacial score (nSPS) is 11.2. The summed E-state index contributed by atoms with van der Waals surface area (Å²) in [6, 6.07) is 6.09. The lowest BCUT2D eigenvalue weighted by Gasteiger charge is -1.98. The van der Waals surface area contributed by atoms with Gasteiger partial charge in [0.2, 0.25) is 0 Å². The lowest BCUT2D eigenvalue weighted by molar-refractivity contribution is -0.402. The van der Waals surface area contributed by atoms with Crippen LogP contribution >= 0.6 is 0 Å². The summed E-state index contributed by atoms with van der Waals surface area (Å²) in [5.74, 6) is 0.389. The highest BCUT2D eigenvalue weighted by atomic mass is 16.6. The van der Waals surface area contributed by atoms with Gasteiger partial charge < -0.3 is 4.42 Å². The quantitative estimate of drug-likeness (QED) is 0.428. The van der Waals surface area contributed by atoms with E-state index >= 15 is 0 Å². The number of nitrogens with one attached hydrogen (secondary N) is 1. The van der Waals surface area contributed by atoms with E-state index in [1.165, 1.54) is 29.2 Å². The highest BCUT2D eigenvalue weighted by Crippen LogP contribution is 2.13. The van der Waals surface area contributed by atoms with E-state index in [2.05, 4.69) is 25.8 Å². The first kappa shape index (κ1) is 11.8. The number of nitro groups is 1. The predicted octanol–water partition coefficient (Wildman–Crippen LogP) is 1.07. The van der Waals surface area contributed by atoms with Gasteiger partial charge in [0.15, 0.2) is 17.2 Å². The molecular formula is C10H7N7O3. The second-order valence-corrected chi connectivity index (χ2v) is 3.66. The first-order valence-electron chi connectivity index (χ1n) is 5.43. The minimum atomic E-state index is -0.619. The topological polar surface area (TPSA) is 124 Å². The van der Waals surface area contributed by atoms with Gasteiger partial charge >= 0.3 is 5.88 Å². The van der Waals surface area contributed by atoms with E-state index in [4.69, 9.17) is 4.42 Å². The van der Waals surface area contributed by atoms with Crippen LogP contribution in [0.25, 0.3) is 5.65 Å². The molecule has 0 unspecified atom stereocenters. The van der Waals surface area contributed by atoms with Gasteiger partial charge in [0.1, 0.15) is 11.3 Å². The number of hydrogen-bond acceptors (Lipinski definition) is 8. The summed E-state index contributed by atoms with van der Waals surface area (Å²) in [6.07, 6.45) is 2.77. The standard InChI is InChI=1S/C10H7N7O3/c18-17(19)10-4-1-7(20-10)5-11-13-8-2-3-9-14-12-6-16(9)15-8/h1-6H,(H,13,15)/b11-5-. The zero-order valence-corrected chi connectivity index (χ0v) is 9.87. The van der Waals surface area contributed by atoms with E-state index in [9.17, 15) is 10.1 Å². The van der Waals surface area contributed by atoms with Gasteiger partial charge in [-0.2, -0.15) is 9.62 Å². The third-order valence-electron chi connectivity index (χ3n) is 2.33. The summed E-state index contributed by atoms with van der Waals surface area (Å²) >= 11 is 0. The third kappa shape index (κ3) is 2.29. The molecule has 3 heterocycles. The van der Waals surface area contributed by atoms with Crippen LogP contribution in [0.1, 0.15) is 5.76 Å². The molecule has 3 aromatic heterocycles. The Bertz CT molecular complexity index is 791. The molecule has 0 aromatic carbocycles. The monoisotopic (exact) mass is 273 g/mol. The number of hydrazone groups is 1. The Morgan fingerprint density at radius 1 is 1.40 bits per heavy atom. The van der Waals surface area contributed by atoms with Crippen molar-refractivity contribution in [1.82, 2.24) is 19.8 Å². The SMILES string of the molecule is O=[N+]([O-])c1ccc(/C=N\Nc2ccc3nncn3n2)o1. The number of nitrogens with zero attached hydrogens (tertiary/aromatic N) is 6. The van der Waals surface area contributed by atoms with E-state index in [1.807, 2.05) is 0 Å². The zero-order chi connectivity index (χ0) is 13.9. The Morgan fingerprint density at radius 3 is 3.10 bits per heavy atom. The molecule has 20 heavy (non-hydrogen) atoms. The molecule has 0 radical (unpaired) electrons. The maximum Gasteiger partial charge on any atom is 0.433 e. The Hall–Kier alpha value is -3.30. The molecule has 0 spiro atoms. The zero-order valence-electron chi connectivity index (χ0n) is 9.87. The minimum absolute atomic E-state index is 0.259. The van der Waals surface area contributed by atoms with Crippen molar-refractivity contribution in [3.05, 3.63) is 46.5 Å². The number of anilines is 1. The minimum Gasteiger partial charge on any atom is -0.400 e. The van der Waals surface area contributed by atoms with Crippen molar-refractivity contribution < 1.29 is 9.34 Å². The molecule has 0 aliphatic carbocycles. The van der Waals surface area contributed by atoms with Gasteiger partial charge in [-0.1, -0.05) is 0 Å². The van der Waals surface area contributed by atoms with Gasteiger partial charge in [-0.05, 0) is 18.2 Å². The first-order valence-corrected chi connectivity index (χ1v) is 5.43. The van der Waals surface area contributed by atoms with Crippen molar-refractivity contribution in [3.63, 3.8) is 0 Å². The molecule has 0 saturated heterocycles. The Balaban J connectivity index is 1.71. The van der Waals surface area contributed by atoms with Crippen molar-refractivity contribution in [2.45, 2.75) is 0 Å². The summed E-state index contributed by atoms with van der Waals surface area (Å²) < 4.78 is 6.39. The van der Waals surface area contributed by atoms with Crippen molar-refractivity contribution in [1.29, 1.82) is 0 Å². The lowest BCUT2D eigenvalue weighted by Crippen LogP contribution is -1.97. The van der Waals surface area contributed by atoms with Gasteiger partial charge in [0.25, 0.3) is 0 Å². The van der Waals surface area contributed by atoms with Crippen molar-refractivity contribution in [2.75, 3.05) is 5.43 Å². The van der Waals surface area contributed by atoms with Gasteiger partial charge in [0, 0.05) is 0 Å². The third-order valence-corrected chi connectivity index (χ3v) is 2.33. The van der Waals surface area contributed by atoms with Crippen LogP contribution in [0.3, 0.4) is 0 Å². The highest BCUT2D eigenvalue weighted by Gasteiger charge is 2.10. The summed E-state index contributed by atoms with van der Waals surface area (Å²) in [6.45, 7) is 0. The van der Waals surface area contributed by atoms with E-state index < -0.39 is 4.92 Å². The molecule has 1 N–H and O–H groups in total. The number of fused-ring (bicyclic) bond motifs is 1. The van der Waals surface area contributed by atoms with E-state index in [-0.39, 0.29) is 11.6 Å². The number of rotatable bonds is 4. The average Bonchev–Trinajstić information content (AvgIpc) is 3.06. The van der Waals surface area contributed by atoms with Crippen LogP contribution in [0.15, 0.2) is 40.1 Å². The van der Waals surface area contributed by atoms with Crippen LogP contribution in [0.5, 0.6) is 0 Å². The lowest BCUT2D eigenvalue weighted by atomic mass is 10.5. The molecule has 0 bridgehead atoms. The number of aromatic nitrogens is 4. The molecule has 10 heteroatoms. The van der Waals surface area contributed by atoms with Crippen LogP contribution in [0, 0.1) is 10.1 Å². The number of hydrogen-bond donors (Lipinski definition) is 1. The summed E-state index contributed by atoms with van der Waals surface area (Å²) in [5.41, 5.74) is 3.28. The molecular weight excluding hydrogens is 266 g/mol. The maximum absolute atomic E-state index is 10.4. The van der Waals surface area contributed by atoms with Crippen molar-refractivity contribution >= 4 is 23.6 Å². The second-order valence-electron chi connectivity index (χ2n) is 3.66. The molecule has 0 atom stereocenters. The van der Waals surface area contributed by atoms with Crippen LogP contribution in [0.4, 0.5) is 11.7 Å². The Labute approximate surface area is 110 Å². The molecule has 0 amide bonds. The fourth-order valence-electron chi connectivity index (χ4n) is 1.46. The van der Waals surface area contributed by atoms with E-state index in [0.717, 1.165) is 0 Å².